The van der Waals surface area contributed by atoms with Crippen LogP contribution < -0.4 is 0 Å². The zero-order chi connectivity index (χ0) is 15.8. The van der Waals surface area contributed by atoms with Crippen molar-refractivity contribution in [3.05, 3.63) is 28.3 Å². The van der Waals surface area contributed by atoms with Crippen LogP contribution in [0.5, 0.6) is 0 Å². The molecular weight excluding hydrogens is 318 g/mol. The number of halogens is 1. The van der Waals surface area contributed by atoms with Gasteiger partial charge in [0, 0.05) is 17.6 Å². The van der Waals surface area contributed by atoms with E-state index in [4.69, 9.17) is 21.8 Å². The highest BCUT2D eigenvalue weighted by molar-refractivity contribution is 7.89. The van der Waals surface area contributed by atoms with Gasteiger partial charge in [-0.05, 0) is 37.5 Å². The van der Waals surface area contributed by atoms with Gasteiger partial charge in [-0.3, -0.25) is 0 Å². The van der Waals surface area contributed by atoms with Crippen LogP contribution in [-0.4, -0.2) is 48.1 Å². The monoisotopic (exact) mass is 333 g/mol. The highest BCUT2D eigenvalue weighted by atomic mass is 35.5. The molecule has 0 spiro atoms. The number of rotatable bonds is 6. The number of carboxylic acid groups (broad SMARTS) is 1. The quantitative estimate of drug-likeness (QED) is 0.822. The third-order valence-corrected chi connectivity index (χ3v) is 5.71. The molecule has 0 bridgehead atoms. The van der Waals surface area contributed by atoms with E-state index in [1.165, 1.54) is 23.4 Å². The van der Waals surface area contributed by atoms with Crippen molar-refractivity contribution in [1.29, 1.82) is 0 Å². The van der Waals surface area contributed by atoms with E-state index in [1.807, 2.05) is 0 Å². The van der Waals surface area contributed by atoms with E-state index in [0.29, 0.717) is 0 Å². The topological polar surface area (TPSA) is 94.9 Å². The van der Waals surface area contributed by atoms with Gasteiger partial charge in [0.2, 0.25) is 10.0 Å². The van der Waals surface area contributed by atoms with Crippen LogP contribution in [0, 0.1) is 6.92 Å². The predicted octanol–water partition coefficient (Wildman–Crippen LogP) is 1.49. The normalized spacial score (nSPS) is 15.4. The Morgan fingerprint density at radius 3 is 2.52 bits per heavy atom. The van der Waals surface area contributed by atoms with Crippen LogP contribution >= 0.6 is 11.6 Å². The van der Waals surface area contributed by atoms with Gasteiger partial charge in [-0.1, -0.05) is 11.6 Å². The fraction of sp³-hybridized carbons (Fsp3) is 0.462. The first kappa shape index (κ1) is 16.2. The molecule has 8 heteroatoms. The Morgan fingerprint density at radius 1 is 1.43 bits per heavy atom. The first-order valence-electron chi connectivity index (χ1n) is 6.45. The number of hydrogen-bond donors (Lipinski definition) is 2. The van der Waals surface area contributed by atoms with Crippen molar-refractivity contribution < 1.29 is 23.4 Å². The summed E-state index contributed by atoms with van der Waals surface area (Å²) in [5.41, 5.74) is 0.0105. The fourth-order valence-corrected chi connectivity index (χ4v) is 4.46. The Hall–Kier alpha value is -1.15. The molecular formula is C13H16ClNO5S. The first-order valence-corrected chi connectivity index (χ1v) is 8.27. The van der Waals surface area contributed by atoms with Crippen LogP contribution in [0.1, 0.15) is 28.8 Å². The third-order valence-electron chi connectivity index (χ3n) is 3.42. The van der Waals surface area contributed by atoms with Crippen LogP contribution in [0.15, 0.2) is 17.0 Å². The third kappa shape index (κ3) is 3.21. The van der Waals surface area contributed by atoms with E-state index >= 15 is 0 Å². The van der Waals surface area contributed by atoms with E-state index < -0.39 is 16.0 Å². The van der Waals surface area contributed by atoms with Crippen LogP contribution in [0.25, 0.3) is 0 Å². The van der Waals surface area contributed by atoms with Gasteiger partial charge < -0.3 is 10.2 Å². The number of sulfonamides is 1. The van der Waals surface area contributed by atoms with Gasteiger partial charge in [-0.15, -0.1) is 0 Å². The second-order valence-electron chi connectivity index (χ2n) is 4.95. The van der Waals surface area contributed by atoms with Gasteiger partial charge >= 0.3 is 5.97 Å². The maximum absolute atomic E-state index is 12.7. The molecule has 2 rings (SSSR count). The van der Waals surface area contributed by atoms with Crippen molar-refractivity contribution in [1.82, 2.24) is 4.31 Å². The SMILES string of the molecule is Cc1c(C(=O)O)cc(Cl)cc1S(=O)(=O)N(CCO)C1CC1. The van der Waals surface area contributed by atoms with Gasteiger partial charge in [0.25, 0.3) is 0 Å². The molecule has 2 N–H and O–H groups in total. The van der Waals surface area contributed by atoms with Gasteiger partial charge in [-0.25, -0.2) is 13.2 Å². The number of benzene rings is 1. The van der Waals surface area contributed by atoms with Crippen molar-refractivity contribution >= 4 is 27.6 Å². The fourth-order valence-electron chi connectivity index (χ4n) is 2.23. The summed E-state index contributed by atoms with van der Waals surface area (Å²) in [5, 5.41) is 18.3. The summed E-state index contributed by atoms with van der Waals surface area (Å²) in [5.74, 6) is -1.23. The minimum Gasteiger partial charge on any atom is -0.478 e. The van der Waals surface area contributed by atoms with Crippen molar-refractivity contribution in [2.24, 2.45) is 0 Å². The molecule has 21 heavy (non-hydrogen) atoms. The minimum atomic E-state index is -3.88. The molecule has 116 valence electrons. The molecule has 6 nitrogen and oxygen atoms in total. The van der Waals surface area contributed by atoms with Crippen LogP contribution in [0.4, 0.5) is 0 Å². The standard InChI is InChI=1S/C13H16ClNO5S/c1-8-11(13(17)18)6-9(14)7-12(8)21(19,20)15(4-5-16)10-2-3-10/h6-7,10,16H,2-5H2,1H3,(H,17,18). The number of aliphatic hydroxyl groups is 1. The predicted molar refractivity (Wildman–Crippen MR) is 77.1 cm³/mol. The lowest BCUT2D eigenvalue weighted by Gasteiger charge is -2.22. The Balaban J connectivity index is 2.56. The summed E-state index contributed by atoms with van der Waals surface area (Å²) in [6.45, 7) is 1.14. The van der Waals surface area contributed by atoms with E-state index in [0.717, 1.165) is 12.8 Å². The van der Waals surface area contributed by atoms with Gasteiger partial charge in [0.05, 0.1) is 17.1 Å². The van der Waals surface area contributed by atoms with Gasteiger partial charge in [0.1, 0.15) is 0 Å². The van der Waals surface area contributed by atoms with E-state index in [1.54, 1.807) is 0 Å². The summed E-state index contributed by atoms with van der Waals surface area (Å²) < 4.78 is 26.6. The van der Waals surface area contributed by atoms with Crippen molar-refractivity contribution in [2.45, 2.75) is 30.7 Å². The molecule has 1 aliphatic rings. The molecule has 0 aromatic heterocycles. The maximum atomic E-state index is 12.7. The molecule has 1 aromatic rings. The number of carbonyl (C=O) groups is 1. The highest BCUT2D eigenvalue weighted by Crippen LogP contribution is 2.34. The molecule has 0 radical (unpaired) electrons. The maximum Gasteiger partial charge on any atom is 0.336 e. The molecule has 0 heterocycles. The van der Waals surface area contributed by atoms with Crippen molar-refractivity contribution in [2.75, 3.05) is 13.2 Å². The zero-order valence-corrected chi connectivity index (χ0v) is 13.0. The summed E-state index contributed by atoms with van der Waals surface area (Å²) in [6, 6.07) is 2.35. The first-order chi connectivity index (χ1) is 9.78. The Labute approximate surface area is 128 Å². The second-order valence-corrected chi connectivity index (χ2v) is 7.25. The number of carboxylic acids is 1. The van der Waals surface area contributed by atoms with E-state index in [2.05, 4.69) is 0 Å². The highest BCUT2D eigenvalue weighted by Gasteiger charge is 2.38. The molecule has 0 unspecified atom stereocenters. The number of aliphatic hydroxyl groups excluding tert-OH is 1. The molecule has 0 atom stereocenters. The Kier molecular flexibility index (Phi) is 4.57. The number of aromatic carboxylic acids is 1. The molecule has 1 saturated carbocycles. The molecule has 0 aliphatic heterocycles. The Morgan fingerprint density at radius 2 is 2.05 bits per heavy atom. The zero-order valence-electron chi connectivity index (χ0n) is 11.4. The minimum absolute atomic E-state index is 0.0125. The van der Waals surface area contributed by atoms with Gasteiger partial charge in [0.15, 0.2) is 0 Å². The molecule has 1 aromatic carbocycles. The lowest BCUT2D eigenvalue weighted by Crippen LogP contribution is -2.36. The summed E-state index contributed by atoms with van der Waals surface area (Å²) in [6.07, 6.45) is 1.48. The molecule has 0 saturated heterocycles. The average molecular weight is 334 g/mol. The Bertz CT molecular complexity index is 669. The number of nitrogens with zero attached hydrogens (tertiary/aromatic N) is 1. The number of hydrogen-bond acceptors (Lipinski definition) is 4. The molecule has 1 aliphatic carbocycles. The van der Waals surface area contributed by atoms with E-state index in [-0.39, 0.29) is 40.2 Å². The largest absolute Gasteiger partial charge is 0.478 e. The van der Waals surface area contributed by atoms with Crippen LogP contribution in [0.2, 0.25) is 5.02 Å². The summed E-state index contributed by atoms with van der Waals surface area (Å²) in [4.78, 5) is 11.1. The average Bonchev–Trinajstić information content (AvgIpc) is 3.21. The van der Waals surface area contributed by atoms with Crippen LogP contribution in [0.3, 0.4) is 0 Å². The van der Waals surface area contributed by atoms with Crippen LogP contribution in [-0.2, 0) is 10.0 Å². The summed E-state index contributed by atoms with van der Waals surface area (Å²) >= 11 is 5.85. The molecule has 1 fully saturated rings. The van der Waals surface area contributed by atoms with Gasteiger partial charge in [-0.2, -0.15) is 4.31 Å². The smallest absolute Gasteiger partial charge is 0.336 e. The van der Waals surface area contributed by atoms with Crippen molar-refractivity contribution in [3.63, 3.8) is 0 Å². The lowest BCUT2D eigenvalue weighted by atomic mass is 10.1. The second kappa shape index (κ2) is 5.92. The summed E-state index contributed by atoms with van der Waals surface area (Å²) in [7, 11) is -3.88. The van der Waals surface area contributed by atoms with Crippen molar-refractivity contribution in [3.8, 4) is 0 Å². The molecule has 0 amide bonds. The lowest BCUT2D eigenvalue weighted by molar-refractivity contribution is 0.0695. The van der Waals surface area contributed by atoms with E-state index in [9.17, 15) is 13.2 Å².